The lowest BCUT2D eigenvalue weighted by Gasteiger charge is -2.08. The molecule has 1 fully saturated rings. The van der Waals surface area contributed by atoms with Gasteiger partial charge in [0, 0.05) is 12.6 Å². The standard InChI is InChI=1S/C16H18N4O/c1-11-4-2-3-5-12(11)8-19-16(21)14-9-18-15(10-17-14)20-13-6-7-13/h2-5,9-10,13H,6-8H2,1H3,(H,18,20)(H,19,21). The van der Waals surface area contributed by atoms with E-state index in [9.17, 15) is 4.79 Å². The number of rotatable bonds is 5. The molecule has 0 spiro atoms. The van der Waals surface area contributed by atoms with Crippen LogP contribution in [0.2, 0.25) is 0 Å². The van der Waals surface area contributed by atoms with E-state index >= 15 is 0 Å². The smallest absolute Gasteiger partial charge is 0.271 e. The van der Waals surface area contributed by atoms with Crippen molar-refractivity contribution in [2.24, 2.45) is 0 Å². The Labute approximate surface area is 123 Å². The maximum absolute atomic E-state index is 12.0. The van der Waals surface area contributed by atoms with E-state index in [0.717, 1.165) is 16.9 Å². The molecule has 1 aliphatic carbocycles. The van der Waals surface area contributed by atoms with Gasteiger partial charge in [0.25, 0.3) is 5.91 Å². The number of aryl methyl sites for hydroxylation is 1. The highest BCUT2D eigenvalue weighted by Gasteiger charge is 2.21. The molecule has 108 valence electrons. The molecule has 1 aromatic carbocycles. The van der Waals surface area contributed by atoms with E-state index in [2.05, 4.69) is 20.6 Å². The third-order valence-electron chi connectivity index (χ3n) is 3.51. The third-order valence-corrected chi connectivity index (χ3v) is 3.51. The van der Waals surface area contributed by atoms with Crippen molar-refractivity contribution >= 4 is 11.7 Å². The van der Waals surface area contributed by atoms with E-state index in [0.29, 0.717) is 18.3 Å². The van der Waals surface area contributed by atoms with Crippen LogP contribution in [0.4, 0.5) is 5.82 Å². The highest BCUT2D eigenvalue weighted by atomic mass is 16.1. The molecule has 21 heavy (non-hydrogen) atoms. The van der Waals surface area contributed by atoms with Crippen molar-refractivity contribution in [1.82, 2.24) is 15.3 Å². The summed E-state index contributed by atoms with van der Waals surface area (Å²) in [6.07, 6.45) is 5.49. The largest absolute Gasteiger partial charge is 0.366 e. The maximum atomic E-state index is 12.0. The van der Waals surface area contributed by atoms with Gasteiger partial charge in [-0.3, -0.25) is 4.79 Å². The first-order valence-corrected chi connectivity index (χ1v) is 7.13. The number of hydrogen-bond donors (Lipinski definition) is 2. The molecule has 1 amide bonds. The molecule has 0 saturated heterocycles. The van der Waals surface area contributed by atoms with Gasteiger partial charge in [-0.1, -0.05) is 24.3 Å². The first-order valence-electron chi connectivity index (χ1n) is 7.13. The zero-order valence-electron chi connectivity index (χ0n) is 12.0. The van der Waals surface area contributed by atoms with Gasteiger partial charge < -0.3 is 10.6 Å². The van der Waals surface area contributed by atoms with Gasteiger partial charge in [-0.25, -0.2) is 9.97 Å². The van der Waals surface area contributed by atoms with Crippen LogP contribution < -0.4 is 10.6 Å². The van der Waals surface area contributed by atoms with Crippen LogP contribution in [0, 0.1) is 6.92 Å². The zero-order valence-corrected chi connectivity index (χ0v) is 12.0. The number of amides is 1. The highest BCUT2D eigenvalue weighted by Crippen LogP contribution is 2.23. The summed E-state index contributed by atoms with van der Waals surface area (Å²) in [7, 11) is 0. The Hall–Kier alpha value is -2.43. The van der Waals surface area contributed by atoms with Crippen LogP contribution in [0.25, 0.3) is 0 Å². The van der Waals surface area contributed by atoms with E-state index in [1.54, 1.807) is 6.20 Å². The van der Waals surface area contributed by atoms with E-state index in [1.165, 1.54) is 19.0 Å². The number of anilines is 1. The topological polar surface area (TPSA) is 66.9 Å². The fourth-order valence-corrected chi connectivity index (χ4v) is 2.03. The Morgan fingerprint density at radius 2 is 2.05 bits per heavy atom. The van der Waals surface area contributed by atoms with Crippen molar-refractivity contribution in [1.29, 1.82) is 0 Å². The highest BCUT2D eigenvalue weighted by molar-refractivity contribution is 5.91. The first-order chi connectivity index (χ1) is 10.2. The average Bonchev–Trinajstić information content (AvgIpc) is 3.31. The van der Waals surface area contributed by atoms with Crippen LogP contribution in [-0.4, -0.2) is 21.9 Å². The number of aromatic nitrogens is 2. The number of nitrogens with one attached hydrogen (secondary N) is 2. The Bertz CT molecular complexity index is 635. The van der Waals surface area contributed by atoms with E-state index in [-0.39, 0.29) is 5.91 Å². The van der Waals surface area contributed by atoms with Crippen molar-refractivity contribution in [2.75, 3.05) is 5.32 Å². The first kappa shape index (κ1) is 13.5. The lowest BCUT2D eigenvalue weighted by molar-refractivity contribution is 0.0945. The van der Waals surface area contributed by atoms with Crippen LogP contribution in [0.3, 0.4) is 0 Å². The second-order valence-corrected chi connectivity index (χ2v) is 5.31. The van der Waals surface area contributed by atoms with Gasteiger partial charge in [-0.05, 0) is 30.9 Å². The van der Waals surface area contributed by atoms with Crippen molar-refractivity contribution < 1.29 is 4.79 Å². The van der Waals surface area contributed by atoms with Crippen LogP contribution in [0.5, 0.6) is 0 Å². The number of carbonyl (C=O) groups is 1. The summed E-state index contributed by atoms with van der Waals surface area (Å²) >= 11 is 0. The number of carbonyl (C=O) groups excluding carboxylic acids is 1. The van der Waals surface area contributed by atoms with Gasteiger partial charge in [0.1, 0.15) is 11.5 Å². The molecule has 1 heterocycles. The molecule has 0 aliphatic heterocycles. The third kappa shape index (κ3) is 3.56. The molecule has 0 radical (unpaired) electrons. The molecule has 0 atom stereocenters. The number of benzene rings is 1. The van der Waals surface area contributed by atoms with E-state index in [1.807, 2.05) is 31.2 Å². The van der Waals surface area contributed by atoms with Crippen molar-refractivity contribution in [3.05, 3.63) is 53.5 Å². The van der Waals surface area contributed by atoms with Gasteiger partial charge in [-0.15, -0.1) is 0 Å². The molecule has 1 saturated carbocycles. The summed E-state index contributed by atoms with van der Waals surface area (Å²) in [4.78, 5) is 20.4. The minimum atomic E-state index is -0.205. The molecule has 5 nitrogen and oxygen atoms in total. The summed E-state index contributed by atoms with van der Waals surface area (Å²) in [5, 5.41) is 6.11. The minimum Gasteiger partial charge on any atom is -0.366 e. The fourth-order valence-electron chi connectivity index (χ4n) is 2.03. The molecule has 3 rings (SSSR count). The molecule has 5 heteroatoms. The Kier molecular flexibility index (Phi) is 3.81. The summed E-state index contributed by atoms with van der Waals surface area (Å²) in [5.41, 5.74) is 2.60. The van der Waals surface area contributed by atoms with E-state index in [4.69, 9.17) is 0 Å². The maximum Gasteiger partial charge on any atom is 0.271 e. The lowest BCUT2D eigenvalue weighted by atomic mass is 10.1. The monoisotopic (exact) mass is 282 g/mol. The van der Waals surface area contributed by atoms with Crippen LogP contribution in [0.15, 0.2) is 36.7 Å². The van der Waals surface area contributed by atoms with Gasteiger partial charge >= 0.3 is 0 Å². The Morgan fingerprint density at radius 1 is 1.24 bits per heavy atom. The quantitative estimate of drug-likeness (QED) is 0.883. The molecule has 0 bridgehead atoms. The Morgan fingerprint density at radius 3 is 2.71 bits per heavy atom. The fraction of sp³-hybridized carbons (Fsp3) is 0.312. The van der Waals surface area contributed by atoms with Gasteiger partial charge in [-0.2, -0.15) is 0 Å². The van der Waals surface area contributed by atoms with Crippen molar-refractivity contribution in [3.8, 4) is 0 Å². The van der Waals surface area contributed by atoms with Crippen LogP contribution in [-0.2, 0) is 6.54 Å². The summed E-state index contributed by atoms with van der Waals surface area (Å²) in [6.45, 7) is 2.52. The predicted octanol–water partition coefficient (Wildman–Crippen LogP) is 2.29. The van der Waals surface area contributed by atoms with Crippen LogP contribution >= 0.6 is 0 Å². The van der Waals surface area contributed by atoms with Gasteiger partial charge in [0.15, 0.2) is 0 Å². The summed E-state index contributed by atoms with van der Waals surface area (Å²) < 4.78 is 0. The lowest BCUT2D eigenvalue weighted by Crippen LogP contribution is -2.24. The summed E-state index contributed by atoms with van der Waals surface area (Å²) in [6, 6.07) is 8.51. The molecule has 0 unspecified atom stereocenters. The van der Waals surface area contributed by atoms with Crippen LogP contribution in [0.1, 0.15) is 34.5 Å². The molecular weight excluding hydrogens is 264 g/mol. The minimum absolute atomic E-state index is 0.205. The van der Waals surface area contributed by atoms with E-state index < -0.39 is 0 Å². The van der Waals surface area contributed by atoms with Gasteiger partial charge in [0.2, 0.25) is 0 Å². The average molecular weight is 282 g/mol. The van der Waals surface area contributed by atoms with Crippen molar-refractivity contribution in [3.63, 3.8) is 0 Å². The predicted molar refractivity (Wildman–Crippen MR) is 81.0 cm³/mol. The number of hydrogen-bond acceptors (Lipinski definition) is 4. The SMILES string of the molecule is Cc1ccccc1CNC(=O)c1cnc(NC2CC2)cn1. The normalized spacial score (nSPS) is 13.8. The molecule has 2 aromatic rings. The second-order valence-electron chi connectivity index (χ2n) is 5.31. The molecule has 1 aliphatic rings. The molecule has 1 aromatic heterocycles. The molecule has 2 N–H and O–H groups in total. The Balaban J connectivity index is 1.58. The molecular formula is C16H18N4O. The van der Waals surface area contributed by atoms with Crippen molar-refractivity contribution in [2.45, 2.75) is 32.4 Å². The summed E-state index contributed by atoms with van der Waals surface area (Å²) in [5.74, 6) is 0.525. The zero-order chi connectivity index (χ0) is 14.7. The van der Waals surface area contributed by atoms with Gasteiger partial charge in [0.05, 0.1) is 12.4 Å². The number of nitrogens with zero attached hydrogens (tertiary/aromatic N) is 2. The second kappa shape index (κ2) is 5.91.